The molecule has 11 aromatic rings. The first-order valence-electron chi connectivity index (χ1n) is 19.8. The van der Waals surface area contributed by atoms with Crippen LogP contribution in [0.3, 0.4) is 0 Å². The molecule has 0 unspecified atom stereocenters. The molecule has 272 valence electrons. The highest BCUT2D eigenvalue weighted by Crippen LogP contribution is 2.48. The summed E-state index contributed by atoms with van der Waals surface area (Å²) in [5.41, 5.74) is 14.2. The Labute approximate surface area is 337 Å². The standard InChI is InChI=1S/C56H37NO/c1-3-15-38(16-4-1)40-29-31-45(32-30-40)57(46-23-14-22-43(36-46)42-21-13-20-41(35-42)39-17-5-2-6-18-39)53-34-33-50(56-55(53)51-27-11-12-28-54(51)58-56)52-37-44-19-7-8-24-47(44)48-25-9-10-26-49(48)52/h1-37H. The van der Waals surface area contributed by atoms with Crippen molar-refractivity contribution in [1.29, 1.82) is 0 Å². The molecule has 1 aromatic heterocycles. The Kier molecular flexibility index (Phi) is 8.19. The van der Waals surface area contributed by atoms with Crippen LogP contribution >= 0.6 is 0 Å². The lowest BCUT2D eigenvalue weighted by Crippen LogP contribution is -2.10. The second kappa shape index (κ2) is 14.1. The quantitative estimate of drug-likeness (QED) is 0.151. The normalized spacial score (nSPS) is 11.4. The van der Waals surface area contributed by atoms with Gasteiger partial charge >= 0.3 is 0 Å². The first-order chi connectivity index (χ1) is 28.8. The minimum absolute atomic E-state index is 0.863. The lowest BCUT2D eigenvalue weighted by Gasteiger charge is -2.27. The molecule has 0 spiro atoms. The summed E-state index contributed by atoms with van der Waals surface area (Å²) in [4.78, 5) is 2.39. The molecule has 2 nitrogen and oxygen atoms in total. The maximum Gasteiger partial charge on any atom is 0.145 e. The Hall–Kier alpha value is -7.68. The smallest absolute Gasteiger partial charge is 0.145 e. The van der Waals surface area contributed by atoms with Crippen molar-refractivity contribution < 1.29 is 4.42 Å². The van der Waals surface area contributed by atoms with Crippen LogP contribution in [0.2, 0.25) is 0 Å². The maximum absolute atomic E-state index is 6.96. The molecule has 0 N–H and O–H groups in total. The summed E-state index contributed by atoms with van der Waals surface area (Å²) in [6.07, 6.45) is 0. The fourth-order valence-corrected chi connectivity index (χ4v) is 8.68. The number of para-hydroxylation sites is 1. The largest absolute Gasteiger partial charge is 0.455 e. The third-order valence-electron chi connectivity index (χ3n) is 11.4. The van der Waals surface area contributed by atoms with Crippen molar-refractivity contribution in [2.24, 2.45) is 0 Å². The number of rotatable bonds is 7. The molecule has 58 heavy (non-hydrogen) atoms. The second-order valence-electron chi connectivity index (χ2n) is 14.9. The maximum atomic E-state index is 6.96. The van der Waals surface area contributed by atoms with Gasteiger partial charge in [-0.1, -0.05) is 170 Å². The minimum Gasteiger partial charge on any atom is -0.455 e. The highest BCUT2D eigenvalue weighted by atomic mass is 16.3. The highest BCUT2D eigenvalue weighted by Gasteiger charge is 2.23. The van der Waals surface area contributed by atoms with E-state index in [-0.39, 0.29) is 0 Å². The van der Waals surface area contributed by atoms with Crippen molar-refractivity contribution in [1.82, 2.24) is 0 Å². The van der Waals surface area contributed by atoms with E-state index >= 15 is 0 Å². The van der Waals surface area contributed by atoms with Gasteiger partial charge in [0.1, 0.15) is 11.2 Å². The van der Waals surface area contributed by atoms with Gasteiger partial charge in [0.05, 0.1) is 11.1 Å². The van der Waals surface area contributed by atoms with Crippen molar-refractivity contribution in [2.75, 3.05) is 4.90 Å². The van der Waals surface area contributed by atoms with E-state index in [4.69, 9.17) is 4.42 Å². The summed E-state index contributed by atoms with van der Waals surface area (Å²) in [5, 5.41) is 7.05. The molecule has 0 radical (unpaired) electrons. The molecule has 0 saturated heterocycles. The van der Waals surface area contributed by atoms with Crippen molar-refractivity contribution in [3.63, 3.8) is 0 Å². The lowest BCUT2D eigenvalue weighted by molar-refractivity contribution is 0.670. The molecule has 0 bridgehead atoms. The van der Waals surface area contributed by atoms with Crippen LogP contribution in [-0.4, -0.2) is 0 Å². The van der Waals surface area contributed by atoms with Crippen molar-refractivity contribution >= 4 is 60.5 Å². The molecule has 0 aliphatic rings. The van der Waals surface area contributed by atoms with Gasteiger partial charge in [-0.25, -0.2) is 0 Å². The third kappa shape index (κ3) is 5.82. The molecule has 0 aliphatic carbocycles. The first kappa shape index (κ1) is 33.6. The topological polar surface area (TPSA) is 16.4 Å². The van der Waals surface area contributed by atoms with Gasteiger partial charge in [-0.15, -0.1) is 0 Å². The van der Waals surface area contributed by atoms with Crippen LogP contribution in [0.15, 0.2) is 229 Å². The van der Waals surface area contributed by atoms with Crippen LogP contribution in [0.1, 0.15) is 0 Å². The summed E-state index contributed by atoms with van der Waals surface area (Å²) in [5.74, 6) is 0. The molecule has 0 amide bonds. The average Bonchev–Trinajstić information content (AvgIpc) is 3.70. The van der Waals surface area contributed by atoms with Crippen LogP contribution in [-0.2, 0) is 0 Å². The molecular formula is C56H37NO. The molecule has 2 heteroatoms. The van der Waals surface area contributed by atoms with Gasteiger partial charge in [0, 0.05) is 22.3 Å². The number of nitrogens with zero attached hydrogens (tertiary/aromatic N) is 1. The molecule has 0 saturated carbocycles. The zero-order chi connectivity index (χ0) is 38.4. The van der Waals surface area contributed by atoms with Crippen LogP contribution in [0, 0.1) is 0 Å². The molecule has 0 aliphatic heterocycles. The average molecular weight is 740 g/mol. The first-order valence-corrected chi connectivity index (χ1v) is 19.8. The van der Waals surface area contributed by atoms with Gasteiger partial charge in [0.25, 0.3) is 0 Å². The molecular weight excluding hydrogens is 703 g/mol. The summed E-state index contributed by atoms with van der Waals surface area (Å²) < 4.78 is 6.96. The van der Waals surface area contributed by atoms with Gasteiger partial charge in [0.2, 0.25) is 0 Å². The molecule has 10 aromatic carbocycles. The van der Waals surface area contributed by atoms with Crippen molar-refractivity contribution in [2.45, 2.75) is 0 Å². The zero-order valence-electron chi connectivity index (χ0n) is 31.7. The Morgan fingerprint density at radius 1 is 0.310 bits per heavy atom. The van der Waals surface area contributed by atoms with E-state index < -0.39 is 0 Å². The lowest BCUT2D eigenvalue weighted by atomic mass is 9.92. The third-order valence-corrected chi connectivity index (χ3v) is 11.4. The number of fused-ring (bicyclic) bond motifs is 6. The Bertz CT molecular complexity index is 3270. The number of benzene rings is 10. The van der Waals surface area contributed by atoms with Gasteiger partial charge in [-0.05, 0) is 115 Å². The van der Waals surface area contributed by atoms with Crippen LogP contribution < -0.4 is 4.90 Å². The van der Waals surface area contributed by atoms with E-state index in [0.29, 0.717) is 0 Å². The van der Waals surface area contributed by atoms with E-state index in [9.17, 15) is 0 Å². The highest BCUT2D eigenvalue weighted by molar-refractivity contribution is 6.21. The number of hydrogen-bond acceptors (Lipinski definition) is 2. The molecule has 11 rings (SSSR count). The Morgan fingerprint density at radius 3 is 1.62 bits per heavy atom. The van der Waals surface area contributed by atoms with Crippen LogP contribution in [0.25, 0.3) is 88.0 Å². The predicted octanol–water partition coefficient (Wildman–Crippen LogP) is 16.0. The van der Waals surface area contributed by atoms with E-state index in [1.54, 1.807) is 0 Å². The summed E-state index contributed by atoms with van der Waals surface area (Å²) in [6, 6.07) is 80.5. The summed E-state index contributed by atoms with van der Waals surface area (Å²) in [6.45, 7) is 0. The van der Waals surface area contributed by atoms with Crippen molar-refractivity contribution in [3.05, 3.63) is 224 Å². The van der Waals surface area contributed by atoms with E-state index in [1.807, 2.05) is 0 Å². The fraction of sp³-hybridized carbons (Fsp3) is 0. The molecule has 1 heterocycles. The molecule has 0 atom stereocenters. The Balaban J connectivity index is 1.14. The van der Waals surface area contributed by atoms with Gasteiger partial charge in [-0.2, -0.15) is 0 Å². The van der Waals surface area contributed by atoms with Crippen molar-refractivity contribution in [3.8, 4) is 44.5 Å². The summed E-state index contributed by atoms with van der Waals surface area (Å²) >= 11 is 0. The predicted molar refractivity (Wildman–Crippen MR) is 245 cm³/mol. The molecule has 0 fully saturated rings. The SMILES string of the molecule is c1ccc(-c2ccc(N(c3cccc(-c4cccc(-c5ccccc5)c4)c3)c3ccc(-c4cc5ccccc5c5ccccc45)c4oc5ccccc5c34)cc2)cc1. The van der Waals surface area contributed by atoms with E-state index in [2.05, 4.69) is 229 Å². The summed E-state index contributed by atoms with van der Waals surface area (Å²) in [7, 11) is 0. The number of hydrogen-bond donors (Lipinski definition) is 0. The fourth-order valence-electron chi connectivity index (χ4n) is 8.68. The van der Waals surface area contributed by atoms with E-state index in [0.717, 1.165) is 55.7 Å². The monoisotopic (exact) mass is 739 g/mol. The Morgan fingerprint density at radius 2 is 0.862 bits per heavy atom. The zero-order valence-corrected chi connectivity index (χ0v) is 31.7. The van der Waals surface area contributed by atoms with E-state index in [1.165, 1.54) is 49.4 Å². The number of anilines is 3. The van der Waals surface area contributed by atoms with Gasteiger partial charge in [-0.3, -0.25) is 0 Å². The van der Waals surface area contributed by atoms with Crippen LogP contribution in [0.4, 0.5) is 17.1 Å². The van der Waals surface area contributed by atoms with Gasteiger partial charge in [0.15, 0.2) is 0 Å². The second-order valence-corrected chi connectivity index (χ2v) is 14.9. The van der Waals surface area contributed by atoms with Gasteiger partial charge < -0.3 is 9.32 Å². The number of furan rings is 1. The van der Waals surface area contributed by atoms with Crippen LogP contribution in [0.5, 0.6) is 0 Å². The minimum atomic E-state index is 0.863.